The highest BCUT2D eigenvalue weighted by Gasteiger charge is 2.16. The van der Waals surface area contributed by atoms with Crippen LogP contribution in [0.15, 0.2) is 57.9 Å². The molecule has 0 saturated carbocycles. The van der Waals surface area contributed by atoms with Gasteiger partial charge in [0, 0.05) is 5.39 Å². The fourth-order valence-electron chi connectivity index (χ4n) is 2.64. The molecule has 0 aliphatic rings. The quantitative estimate of drug-likeness (QED) is 0.555. The topological polar surface area (TPSA) is 105 Å². The van der Waals surface area contributed by atoms with E-state index in [0.717, 1.165) is 0 Å². The molecule has 7 nitrogen and oxygen atoms in total. The summed E-state index contributed by atoms with van der Waals surface area (Å²) in [4.78, 5) is 24.2. The number of ketones is 1. The van der Waals surface area contributed by atoms with Gasteiger partial charge in [0.2, 0.25) is 11.7 Å². The molecule has 7 heteroatoms. The second-order valence-electron chi connectivity index (χ2n) is 5.45. The minimum atomic E-state index is -0.332. The van der Waals surface area contributed by atoms with Crippen molar-refractivity contribution in [2.45, 2.75) is 0 Å². The maximum atomic E-state index is 12.4. The standard InChI is InChI=1S/C18H12N2O5/c21-10-5-6-16-13(7-10)14(8-24-16)15(22)9-25-18-12-4-2-1-3-11(12)17(23)19-20-18/h1-8,21H,9H2,(H,19,23). The third-order valence-corrected chi connectivity index (χ3v) is 3.86. The summed E-state index contributed by atoms with van der Waals surface area (Å²) in [6.07, 6.45) is 1.33. The van der Waals surface area contributed by atoms with Crippen molar-refractivity contribution in [3.8, 4) is 11.6 Å². The Morgan fingerprint density at radius 2 is 1.96 bits per heavy atom. The van der Waals surface area contributed by atoms with Gasteiger partial charge >= 0.3 is 0 Å². The zero-order valence-electron chi connectivity index (χ0n) is 12.9. The van der Waals surface area contributed by atoms with E-state index in [0.29, 0.717) is 27.3 Å². The number of carbonyl (C=O) groups is 1. The summed E-state index contributed by atoms with van der Waals surface area (Å²) >= 11 is 0. The highest BCUT2D eigenvalue weighted by Crippen LogP contribution is 2.26. The van der Waals surface area contributed by atoms with Crippen LogP contribution in [0, 0.1) is 0 Å². The normalized spacial score (nSPS) is 11.0. The van der Waals surface area contributed by atoms with Crippen LogP contribution in [0.2, 0.25) is 0 Å². The number of ether oxygens (including phenoxy) is 1. The second-order valence-corrected chi connectivity index (χ2v) is 5.45. The lowest BCUT2D eigenvalue weighted by Gasteiger charge is -2.06. The Labute approximate surface area is 140 Å². The van der Waals surface area contributed by atoms with Crippen molar-refractivity contribution >= 4 is 27.5 Å². The minimum Gasteiger partial charge on any atom is -0.508 e. The molecule has 0 unspecified atom stereocenters. The first-order valence-electron chi connectivity index (χ1n) is 7.47. The molecule has 2 N–H and O–H groups in total. The van der Waals surface area contributed by atoms with Crippen molar-refractivity contribution in [3.05, 3.63) is 64.6 Å². The van der Waals surface area contributed by atoms with Crippen molar-refractivity contribution in [3.63, 3.8) is 0 Å². The Hall–Kier alpha value is -3.61. The van der Waals surface area contributed by atoms with Gasteiger partial charge in [-0.15, -0.1) is 5.10 Å². The van der Waals surface area contributed by atoms with E-state index >= 15 is 0 Å². The van der Waals surface area contributed by atoms with E-state index in [9.17, 15) is 14.7 Å². The first-order chi connectivity index (χ1) is 12.1. The second kappa shape index (κ2) is 5.79. The summed E-state index contributed by atoms with van der Waals surface area (Å²) in [5.41, 5.74) is 0.471. The molecule has 0 bridgehead atoms. The fraction of sp³-hybridized carbons (Fsp3) is 0.0556. The van der Waals surface area contributed by atoms with Crippen molar-refractivity contribution in [1.29, 1.82) is 0 Å². The summed E-state index contributed by atoms with van der Waals surface area (Å²) in [6.45, 7) is -0.284. The number of phenolic OH excluding ortho intramolecular Hbond substituents is 1. The van der Waals surface area contributed by atoms with Gasteiger partial charge in [-0.25, -0.2) is 5.10 Å². The number of hydrogen-bond donors (Lipinski definition) is 2. The van der Waals surface area contributed by atoms with E-state index in [-0.39, 0.29) is 29.6 Å². The number of Topliss-reactive ketones (excluding diaryl/α,β-unsaturated/α-hetero) is 1. The van der Waals surface area contributed by atoms with E-state index in [2.05, 4.69) is 10.2 Å². The SMILES string of the molecule is O=C(COc1n[nH]c(=O)c2ccccc12)c1coc2ccc(O)cc12. The maximum absolute atomic E-state index is 12.4. The average molecular weight is 336 g/mol. The van der Waals surface area contributed by atoms with Crippen LogP contribution in [0.25, 0.3) is 21.7 Å². The number of carbonyl (C=O) groups excluding carboxylic acids is 1. The van der Waals surface area contributed by atoms with Gasteiger partial charge in [-0.3, -0.25) is 9.59 Å². The Morgan fingerprint density at radius 1 is 1.16 bits per heavy atom. The number of aromatic hydroxyl groups is 1. The molecule has 4 rings (SSSR count). The summed E-state index contributed by atoms with van der Waals surface area (Å²) in [5.74, 6) is -0.127. The number of aromatic nitrogens is 2. The molecular formula is C18H12N2O5. The molecule has 0 amide bonds. The van der Waals surface area contributed by atoms with Gasteiger partial charge in [-0.2, -0.15) is 0 Å². The van der Waals surface area contributed by atoms with Gasteiger partial charge in [-0.05, 0) is 30.3 Å². The van der Waals surface area contributed by atoms with Crippen LogP contribution in [0.1, 0.15) is 10.4 Å². The molecule has 0 aliphatic heterocycles. The fourth-order valence-corrected chi connectivity index (χ4v) is 2.64. The van der Waals surface area contributed by atoms with E-state index < -0.39 is 0 Å². The van der Waals surface area contributed by atoms with Crippen molar-refractivity contribution in [1.82, 2.24) is 10.2 Å². The highest BCUT2D eigenvalue weighted by atomic mass is 16.5. The van der Waals surface area contributed by atoms with Gasteiger partial charge in [-0.1, -0.05) is 12.1 Å². The number of hydrogen-bond acceptors (Lipinski definition) is 6. The summed E-state index contributed by atoms with van der Waals surface area (Å²) in [7, 11) is 0. The molecule has 2 aromatic carbocycles. The largest absolute Gasteiger partial charge is 0.508 e. The van der Waals surface area contributed by atoms with E-state index in [1.54, 1.807) is 30.3 Å². The van der Waals surface area contributed by atoms with Crippen LogP contribution in [0.3, 0.4) is 0 Å². The number of phenols is 1. The molecule has 0 radical (unpaired) electrons. The Bertz CT molecular complexity index is 1160. The number of nitrogens with zero attached hydrogens (tertiary/aromatic N) is 1. The van der Waals surface area contributed by atoms with E-state index in [1.807, 2.05) is 0 Å². The lowest BCUT2D eigenvalue weighted by atomic mass is 10.1. The average Bonchev–Trinajstić information content (AvgIpc) is 3.04. The zero-order valence-corrected chi connectivity index (χ0v) is 12.9. The summed E-state index contributed by atoms with van der Waals surface area (Å²) in [5, 5.41) is 17.2. The number of fused-ring (bicyclic) bond motifs is 2. The highest BCUT2D eigenvalue weighted by molar-refractivity contribution is 6.08. The number of aromatic amines is 1. The zero-order chi connectivity index (χ0) is 17.4. The third-order valence-electron chi connectivity index (χ3n) is 3.86. The van der Waals surface area contributed by atoms with Crippen LogP contribution in [0.5, 0.6) is 11.6 Å². The number of H-pyrrole nitrogens is 1. The Kier molecular flexibility index (Phi) is 3.46. The first-order valence-corrected chi connectivity index (χ1v) is 7.47. The third kappa shape index (κ3) is 2.61. The van der Waals surface area contributed by atoms with Crippen molar-refractivity contribution in [2.24, 2.45) is 0 Å². The molecule has 124 valence electrons. The van der Waals surface area contributed by atoms with Crippen LogP contribution in [0.4, 0.5) is 0 Å². The summed E-state index contributed by atoms with van der Waals surface area (Å²) in [6, 6.07) is 11.4. The molecule has 0 saturated heterocycles. The molecule has 0 atom stereocenters. The van der Waals surface area contributed by atoms with Gasteiger partial charge < -0.3 is 14.3 Å². The van der Waals surface area contributed by atoms with Crippen molar-refractivity contribution in [2.75, 3.05) is 6.61 Å². The van der Waals surface area contributed by atoms with E-state index in [1.165, 1.54) is 18.4 Å². The lowest BCUT2D eigenvalue weighted by Crippen LogP contribution is -2.15. The van der Waals surface area contributed by atoms with Crippen molar-refractivity contribution < 1.29 is 19.1 Å². The van der Waals surface area contributed by atoms with Gasteiger partial charge in [0.1, 0.15) is 17.6 Å². The Morgan fingerprint density at radius 3 is 2.80 bits per heavy atom. The van der Waals surface area contributed by atoms with Gasteiger partial charge in [0.05, 0.1) is 16.3 Å². The molecule has 0 fully saturated rings. The van der Waals surface area contributed by atoms with Gasteiger partial charge in [0.15, 0.2) is 6.61 Å². The molecule has 4 aromatic rings. The number of nitrogens with one attached hydrogen (secondary N) is 1. The molecule has 0 aliphatic carbocycles. The summed E-state index contributed by atoms with van der Waals surface area (Å²) < 4.78 is 10.8. The smallest absolute Gasteiger partial charge is 0.272 e. The monoisotopic (exact) mass is 336 g/mol. The van der Waals surface area contributed by atoms with Crippen LogP contribution >= 0.6 is 0 Å². The molecule has 25 heavy (non-hydrogen) atoms. The molecule has 2 aromatic heterocycles. The first kappa shape index (κ1) is 14.9. The number of rotatable bonds is 4. The van der Waals surface area contributed by atoms with E-state index in [4.69, 9.17) is 9.15 Å². The number of furan rings is 1. The number of benzene rings is 2. The van der Waals surface area contributed by atoms with Gasteiger partial charge in [0.25, 0.3) is 5.56 Å². The van der Waals surface area contributed by atoms with Crippen LogP contribution < -0.4 is 10.3 Å². The molecule has 2 heterocycles. The predicted molar refractivity (Wildman–Crippen MR) is 90.1 cm³/mol. The van der Waals surface area contributed by atoms with Crippen LogP contribution in [-0.4, -0.2) is 27.7 Å². The molecule has 0 spiro atoms. The maximum Gasteiger partial charge on any atom is 0.272 e. The Balaban J connectivity index is 1.63. The predicted octanol–water partition coefficient (Wildman–Crippen LogP) is 2.64. The minimum absolute atomic E-state index is 0.0390. The van der Waals surface area contributed by atoms with Crippen LogP contribution in [-0.2, 0) is 0 Å². The lowest BCUT2D eigenvalue weighted by molar-refractivity contribution is 0.0919. The molecular weight excluding hydrogens is 324 g/mol.